The van der Waals surface area contributed by atoms with Crippen LogP contribution >= 0.6 is 15.9 Å². The van der Waals surface area contributed by atoms with Gasteiger partial charge in [-0.1, -0.05) is 12.1 Å². The summed E-state index contributed by atoms with van der Waals surface area (Å²) in [5.74, 6) is -0.531. The number of aliphatic hydroxyl groups is 1. The largest absolute Gasteiger partial charge is 0.465 e. The number of hydrogen-bond acceptors (Lipinski definition) is 4. The molecule has 0 saturated carbocycles. The van der Waals surface area contributed by atoms with Gasteiger partial charge in [-0.25, -0.2) is 0 Å². The van der Waals surface area contributed by atoms with E-state index in [4.69, 9.17) is 9.52 Å². The van der Waals surface area contributed by atoms with E-state index >= 15 is 0 Å². The number of amides is 2. The summed E-state index contributed by atoms with van der Waals surface area (Å²) >= 11 is 3.29. The molecule has 7 heteroatoms. The van der Waals surface area contributed by atoms with Crippen molar-refractivity contribution in [2.24, 2.45) is 0 Å². The summed E-state index contributed by atoms with van der Waals surface area (Å²) in [4.78, 5) is 24.5. The van der Waals surface area contributed by atoms with E-state index in [1.54, 1.807) is 36.4 Å². The number of benzene rings is 1. The highest BCUT2D eigenvalue weighted by Gasteiger charge is 2.16. The van der Waals surface area contributed by atoms with Gasteiger partial charge in [0.15, 0.2) is 0 Å². The normalized spacial score (nSPS) is 11.1. The summed E-state index contributed by atoms with van der Waals surface area (Å²) in [6.45, 7) is -0.114. The zero-order chi connectivity index (χ0) is 16.7. The molecule has 2 amide bonds. The third-order valence-electron chi connectivity index (χ3n) is 2.84. The Kier molecular flexibility index (Phi) is 6.13. The molecule has 0 saturated heterocycles. The number of carbonyl (C=O) groups is 2. The molecule has 0 bridgehead atoms. The maximum absolute atomic E-state index is 12.3. The van der Waals surface area contributed by atoms with Gasteiger partial charge in [-0.05, 0) is 40.2 Å². The predicted octanol–water partition coefficient (Wildman–Crippen LogP) is 1.92. The second kappa shape index (κ2) is 8.30. The Morgan fingerprint density at radius 3 is 2.65 bits per heavy atom. The second-order valence-electron chi connectivity index (χ2n) is 4.49. The lowest BCUT2D eigenvalue weighted by Gasteiger charge is -2.10. The number of carbonyl (C=O) groups excluding carboxylic acids is 2. The Morgan fingerprint density at radius 2 is 2.00 bits per heavy atom. The lowest BCUT2D eigenvalue weighted by molar-refractivity contribution is -0.117. The quantitative estimate of drug-likeness (QED) is 0.669. The first-order valence-corrected chi connectivity index (χ1v) is 7.61. The molecule has 6 nitrogen and oxygen atoms in total. The molecule has 1 heterocycles. The van der Waals surface area contributed by atoms with Crippen molar-refractivity contribution in [1.82, 2.24) is 10.6 Å². The Hall–Kier alpha value is -2.38. The van der Waals surface area contributed by atoms with Crippen LogP contribution < -0.4 is 10.6 Å². The molecule has 3 N–H and O–H groups in total. The van der Waals surface area contributed by atoms with Crippen molar-refractivity contribution >= 4 is 33.8 Å². The summed E-state index contributed by atoms with van der Waals surface area (Å²) in [6, 6.07) is 10.2. The van der Waals surface area contributed by atoms with E-state index in [1.165, 1.54) is 12.3 Å². The van der Waals surface area contributed by atoms with Crippen LogP contribution in [0.5, 0.6) is 0 Å². The lowest BCUT2D eigenvalue weighted by Crippen LogP contribution is -2.36. The van der Waals surface area contributed by atoms with Gasteiger partial charge < -0.3 is 20.2 Å². The fraction of sp³-hybridized carbons (Fsp3) is 0.125. The average molecular weight is 379 g/mol. The molecule has 0 fully saturated rings. The molecule has 0 aliphatic heterocycles. The predicted molar refractivity (Wildman–Crippen MR) is 88.4 cm³/mol. The molecule has 0 radical (unpaired) electrons. The zero-order valence-corrected chi connectivity index (χ0v) is 13.7. The van der Waals surface area contributed by atoms with Crippen LogP contribution in [0.1, 0.15) is 16.1 Å². The zero-order valence-electron chi connectivity index (χ0n) is 12.1. The van der Waals surface area contributed by atoms with E-state index < -0.39 is 11.8 Å². The third-order valence-corrected chi connectivity index (χ3v) is 3.53. The minimum Gasteiger partial charge on any atom is -0.465 e. The van der Waals surface area contributed by atoms with Gasteiger partial charge >= 0.3 is 0 Å². The number of furan rings is 1. The van der Waals surface area contributed by atoms with Crippen LogP contribution in [-0.2, 0) is 4.79 Å². The van der Waals surface area contributed by atoms with E-state index in [1.807, 2.05) is 0 Å². The number of aliphatic hydroxyl groups excluding tert-OH is 1. The number of halogens is 1. The van der Waals surface area contributed by atoms with Gasteiger partial charge in [0.2, 0.25) is 0 Å². The molecule has 0 aliphatic carbocycles. The topological polar surface area (TPSA) is 91.6 Å². The molecule has 0 aliphatic rings. The van der Waals surface area contributed by atoms with Gasteiger partial charge in [-0.3, -0.25) is 9.59 Å². The first kappa shape index (κ1) is 17.0. The SMILES string of the molecule is O=C(NCCO)C(=Cc1ccco1)NC(=O)c1ccccc1Br. The first-order valence-electron chi connectivity index (χ1n) is 6.82. The second-order valence-corrected chi connectivity index (χ2v) is 5.34. The number of nitrogens with one attached hydrogen (secondary N) is 2. The van der Waals surface area contributed by atoms with Crippen LogP contribution in [0, 0.1) is 0 Å². The summed E-state index contributed by atoms with van der Waals surface area (Å²) in [5.41, 5.74) is 0.418. The van der Waals surface area contributed by atoms with Crippen LogP contribution in [0.4, 0.5) is 0 Å². The molecule has 0 spiro atoms. The lowest BCUT2D eigenvalue weighted by atomic mass is 10.2. The van der Waals surface area contributed by atoms with E-state index in [0.29, 0.717) is 15.8 Å². The summed E-state index contributed by atoms with van der Waals surface area (Å²) in [6.07, 6.45) is 2.88. The van der Waals surface area contributed by atoms with E-state index in [0.717, 1.165) is 0 Å². The van der Waals surface area contributed by atoms with Crippen molar-refractivity contribution in [3.8, 4) is 0 Å². The smallest absolute Gasteiger partial charge is 0.268 e. The first-order chi connectivity index (χ1) is 11.1. The fourth-order valence-corrected chi connectivity index (χ4v) is 2.24. The minimum absolute atomic E-state index is 0.0224. The van der Waals surface area contributed by atoms with Gasteiger partial charge in [0.1, 0.15) is 11.5 Å². The maximum Gasteiger partial charge on any atom is 0.268 e. The molecule has 1 aromatic heterocycles. The van der Waals surface area contributed by atoms with Crippen LogP contribution in [0.3, 0.4) is 0 Å². The molecular formula is C16H15BrN2O4. The Bertz CT molecular complexity index is 711. The third kappa shape index (κ3) is 4.80. The fourth-order valence-electron chi connectivity index (χ4n) is 1.77. The molecular weight excluding hydrogens is 364 g/mol. The van der Waals surface area contributed by atoms with Crippen LogP contribution in [0.25, 0.3) is 6.08 Å². The summed E-state index contributed by atoms with van der Waals surface area (Å²) in [7, 11) is 0. The van der Waals surface area contributed by atoms with Gasteiger partial charge in [0.05, 0.1) is 18.4 Å². The Labute approximate surface area is 141 Å². The van der Waals surface area contributed by atoms with Crippen molar-refractivity contribution in [1.29, 1.82) is 0 Å². The maximum atomic E-state index is 12.3. The molecule has 1 aromatic carbocycles. The molecule has 23 heavy (non-hydrogen) atoms. The molecule has 2 aromatic rings. The highest BCUT2D eigenvalue weighted by molar-refractivity contribution is 9.10. The average Bonchev–Trinajstić information content (AvgIpc) is 3.05. The number of rotatable bonds is 6. The highest BCUT2D eigenvalue weighted by atomic mass is 79.9. The van der Waals surface area contributed by atoms with Gasteiger partial charge in [0, 0.05) is 17.1 Å². The van der Waals surface area contributed by atoms with Crippen LogP contribution in [0.2, 0.25) is 0 Å². The van der Waals surface area contributed by atoms with Crippen molar-refractivity contribution in [3.63, 3.8) is 0 Å². The minimum atomic E-state index is -0.518. The van der Waals surface area contributed by atoms with E-state index in [-0.39, 0.29) is 18.8 Å². The van der Waals surface area contributed by atoms with Crippen molar-refractivity contribution in [2.45, 2.75) is 0 Å². The van der Waals surface area contributed by atoms with Gasteiger partial charge in [-0.15, -0.1) is 0 Å². The summed E-state index contributed by atoms with van der Waals surface area (Å²) in [5, 5.41) is 13.9. The Morgan fingerprint density at radius 1 is 1.22 bits per heavy atom. The standard InChI is InChI=1S/C16H15BrN2O4/c17-13-6-2-1-5-12(13)15(21)19-14(16(22)18-7-8-20)10-11-4-3-9-23-11/h1-6,9-10,20H,7-8H2,(H,18,22)(H,19,21). The highest BCUT2D eigenvalue weighted by Crippen LogP contribution is 2.16. The molecule has 2 rings (SSSR count). The van der Waals surface area contributed by atoms with Gasteiger partial charge in [-0.2, -0.15) is 0 Å². The van der Waals surface area contributed by atoms with Crippen molar-refractivity contribution < 1.29 is 19.1 Å². The van der Waals surface area contributed by atoms with Crippen LogP contribution in [0.15, 0.2) is 57.2 Å². The molecule has 120 valence electrons. The molecule has 0 atom stereocenters. The summed E-state index contributed by atoms with van der Waals surface area (Å²) < 4.78 is 5.78. The van der Waals surface area contributed by atoms with Crippen LogP contribution in [-0.4, -0.2) is 30.1 Å². The van der Waals surface area contributed by atoms with E-state index in [2.05, 4.69) is 26.6 Å². The number of hydrogen-bond donors (Lipinski definition) is 3. The van der Waals surface area contributed by atoms with Gasteiger partial charge in [0.25, 0.3) is 11.8 Å². The van der Waals surface area contributed by atoms with E-state index in [9.17, 15) is 9.59 Å². The van der Waals surface area contributed by atoms with Crippen molar-refractivity contribution in [2.75, 3.05) is 13.2 Å². The Balaban J connectivity index is 2.22. The van der Waals surface area contributed by atoms with Crippen molar-refractivity contribution in [3.05, 3.63) is 64.2 Å². The molecule has 0 unspecified atom stereocenters. The monoisotopic (exact) mass is 378 g/mol.